The van der Waals surface area contributed by atoms with Gasteiger partial charge in [0.05, 0.1) is 0 Å². The maximum atomic E-state index is 11.7. The van der Waals surface area contributed by atoms with Crippen LogP contribution in [0.5, 0.6) is 0 Å². The Balaban J connectivity index is 1.97. The zero-order chi connectivity index (χ0) is 16.1. The van der Waals surface area contributed by atoms with Gasteiger partial charge in [-0.1, -0.05) is 59.3 Å². The van der Waals surface area contributed by atoms with Crippen LogP contribution in [-0.4, -0.2) is 22.6 Å². The van der Waals surface area contributed by atoms with Crippen LogP contribution in [0, 0.1) is 5.92 Å². The molecule has 5 nitrogen and oxygen atoms in total. The predicted molar refractivity (Wildman–Crippen MR) is 92.8 cm³/mol. The van der Waals surface area contributed by atoms with Crippen LogP contribution in [0.4, 0.5) is 5.13 Å². The van der Waals surface area contributed by atoms with Gasteiger partial charge in [0.15, 0.2) is 4.34 Å². The first-order valence-electron chi connectivity index (χ1n) is 6.41. The van der Waals surface area contributed by atoms with Crippen molar-refractivity contribution in [2.24, 2.45) is 11.7 Å². The van der Waals surface area contributed by atoms with Gasteiger partial charge in [-0.15, -0.1) is 10.2 Å². The molecule has 0 aliphatic carbocycles. The van der Waals surface area contributed by atoms with Gasteiger partial charge in [0, 0.05) is 28.3 Å². The molecule has 3 N–H and O–H groups in total. The van der Waals surface area contributed by atoms with Crippen LogP contribution in [0.25, 0.3) is 0 Å². The van der Waals surface area contributed by atoms with Crippen LogP contribution in [0.3, 0.4) is 0 Å². The van der Waals surface area contributed by atoms with Gasteiger partial charge < -0.3 is 11.1 Å². The van der Waals surface area contributed by atoms with E-state index in [0.29, 0.717) is 20.9 Å². The highest BCUT2D eigenvalue weighted by molar-refractivity contribution is 8.00. The highest BCUT2D eigenvalue weighted by Gasteiger charge is 2.14. The smallest absolute Gasteiger partial charge is 0.230 e. The number of aromatic nitrogens is 2. The molecular weight excluding hydrogens is 363 g/mol. The molecule has 0 spiro atoms. The second-order valence-corrected chi connectivity index (χ2v) is 7.50. The van der Waals surface area contributed by atoms with Crippen LogP contribution < -0.4 is 11.1 Å². The normalized spacial score (nSPS) is 12.2. The van der Waals surface area contributed by atoms with Crippen LogP contribution in [-0.2, 0) is 10.5 Å². The number of nitrogens with two attached hydrogens (primary N) is 1. The first-order valence-corrected chi connectivity index (χ1v) is 8.97. The van der Waals surface area contributed by atoms with E-state index in [1.54, 1.807) is 25.1 Å². The quantitative estimate of drug-likeness (QED) is 0.593. The Kier molecular flexibility index (Phi) is 6.46. The molecule has 118 valence electrons. The number of hydrogen-bond donors (Lipinski definition) is 2. The van der Waals surface area contributed by atoms with Gasteiger partial charge in [0.1, 0.15) is 0 Å². The number of nitrogens with one attached hydrogen (secondary N) is 1. The number of halogens is 2. The number of thioether (sulfide) groups is 1. The van der Waals surface area contributed by atoms with Crippen molar-refractivity contribution in [3.63, 3.8) is 0 Å². The number of carbonyl (C=O) groups is 1. The van der Waals surface area contributed by atoms with E-state index in [0.717, 1.165) is 9.90 Å². The lowest BCUT2D eigenvalue weighted by Gasteiger charge is -2.06. The van der Waals surface area contributed by atoms with Gasteiger partial charge in [-0.2, -0.15) is 0 Å². The molecule has 2 rings (SSSR count). The Morgan fingerprint density at radius 1 is 1.41 bits per heavy atom. The average Bonchev–Trinajstić information content (AvgIpc) is 2.93. The number of amides is 1. The molecule has 0 aliphatic heterocycles. The van der Waals surface area contributed by atoms with E-state index in [2.05, 4.69) is 15.5 Å². The summed E-state index contributed by atoms with van der Waals surface area (Å²) in [5.74, 6) is 0.159. The third kappa shape index (κ3) is 4.57. The van der Waals surface area contributed by atoms with Crippen LogP contribution in [0.15, 0.2) is 22.5 Å². The van der Waals surface area contributed by atoms with E-state index >= 15 is 0 Å². The maximum absolute atomic E-state index is 11.7. The van der Waals surface area contributed by atoms with E-state index in [1.165, 1.54) is 23.1 Å². The topological polar surface area (TPSA) is 80.9 Å². The summed E-state index contributed by atoms with van der Waals surface area (Å²) >= 11 is 15.0. The monoisotopic (exact) mass is 376 g/mol. The molecule has 0 saturated carbocycles. The standard InChI is InChI=1S/C13H14Cl2N4OS2/c1-7(5-16)11(20)17-12-18-19-13(22-12)21-6-8-9(14)3-2-4-10(8)15/h2-4,7H,5-6,16H2,1H3,(H,17,18,20). The van der Waals surface area contributed by atoms with Crippen LogP contribution in [0.2, 0.25) is 10.0 Å². The lowest BCUT2D eigenvalue weighted by Crippen LogP contribution is -2.26. The number of anilines is 1. The van der Waals surface area contributed by atoms with Gasteiger partial charge in [0.25, 0.3) is 0 Å². The Hall–Kier alpha value is -0.860. The van der Waals surface area contributed by atoms with Gasteiger partial charge in [-0.3, -0.25) is 4.79 Å². The molecule has 0 radical (unpaired) electrons. The molecule has 1 amide bonds. The minimum atomic E-state index is -0.262. The second-order valence-electron chi connectivity index (χ2n) is 4.49. The van der Waals surface area contributed by atoms with E-state index in [-0.39, 0.29) is 18.4 Å². The molecule has 22 heavy (non-hydrogen) atoms. The number of nitrogens with zero attached hydrogens (tertiary/aromatic N) is 2. The summed E-state index contributed by atoms with van der Waals surface area (Å²) in [6.07, 6.45) is 0. The van der Waals surface area contributed by atoms with Crippen LogP contribution in [0.1, 0.15) is 12.5 Å². The van der Waals surface area contributed by atoms with Crippen molar-refractivity contribution in [3.05, 3.63) is 33.8 Å². The zero-order valence-electron chi connectivity index (χ0n) is 11.7. The van der Waals surface area contributed by atoms with E-state index in [9.17, 15) is 4.79 Å². The van der Waals surface area contributed by atoms with Crippen molar-refractivity contribution in [2.75, 3.05) is 11.9 Å². The van der Waals surface area contributed by atoms with Crippen molar-refractivity contribution in [2.45, 2.75) is 17.0 Å². The third-order valence-electron chi connectivity index (χ3n) is 2.84. The fourth-order valence-electron chi connectivity index (χ4n) is 1.46. The van der Waals surface area contributed by atoms with Gasteiger partial charge >= 0.3 is 0 Å². The zero-order valence-corrected chi connectivity index (χ0v) is 14.8. The number of benzene rings is 1. The molecular formula is C13H14Cl2N4OS2. The van der Waals surface area contributed by atoms with Crippen molar-refractivity contribution in [1.29, 1.82) is 0 Å². The number of rotatable bonds is 6. The Labute approximate surface area is 146 Å². The molecule has 1 heterocycles. The fourth-order valence-corrected chi connectivity index (χ4v) is 3.95. The van der Waals surface area contributed by atoms with E-state index < -0.39 is 0 Å². The number of carbonyl (C=O) groups excluding carboxylic acids is 1. The Morgan fingerprint density at radius 2 is 2.09 bits per heavy atom. The average molecular weight is 377 g/mol. The number of hydrogen-bond acceptors (Lipinski definition) is 6. The Morgan fingerprint density at radius 3 is 2.73 bits per heavy atom. The maximum Gasteiger partial charge on any atom is 0.230 e. The molecule has 0 aliphatic rings. The van der Waals surface area contributed by atoms with Gasteiger partial charge in [0.2, 0.25) is 11.0 Å². The van der Waals surface area contributed by atoms with Crippen molar-refractivity contribution < 1.29 is 4.79 Å². The first kappa shape index (κ1) is 17.5. The molecule has 0 bridgehead atoms. The summed E-state index contributed by atoms with van der Waals surface area (Å²) < 4.78 is 0.728. The molecule has 2 aromatic rings. The summed E-state index contributed by atoms with van der Waals surface area (Å²) in [7, 11) is 0. The summed E-state index contributed by atoms with van der Waals surface area (Å²) in [4.78, 5) is 11.7. The van der Waals surface area contributed by atoms with Crippen LogP contribution >= 0.6 is 46.3 Å². The van der Waals surface area contributed by atoms with Crippen molar-refractivity contribution in [3.8, 4) is 0 Å². The highest BCUT2D eigenvalue weighted by Crippen LogP contribution is 2.33. The summed E-state index contributed by atoms with van der Waals surface area (Å²) in [6, 6.07) is 5.39. The molecule has 1 aromatic heterocycles. The lowest BCUT2D eigenvalue weighted by molar-refractivity contribution is -0.119. The first-order chi connectivity index (χ1) is 10.5. The van der Waals surface area contributed by atoms with E-state index in [1.807, 2.05) is 0 Å². The lowest BCUT2D eigenvalue weighted by atomic mass is 10.2. The second kappa shape index (κ2) is 8.12. The molecule has 0 fully saturated rings. The third-order valence-corrected chi connectivity index (χ3v) is 5.55. The SMILES string of the molecule is CC(CN)C(=O)Nc1nnc(SCc2c(Cl)cccc2Cl)s1. The van der Waals surface area contributed by atoms with Crippen molar-refractivity contribution in [1.82, 2.24) is 10.2 Å². The molecule has 1 atom stereocenters. The summed E-state index contributed by atoms with van der Waals surface area (Å²) in [5, 5.41) is 12.4. The Bertz CT molecular complexity index is 645. The fraction of sp³-hybridized carbons (Fsp3) is 0.308. The van der Waals surface area contributed by atoms with Gasteiger partial charge in [-0.25, -0.2) is 0 Å². The van der Waals surface area contributed by atoms with Crippen molar-refractivity contribution >= 4 is 57.3 Å². The molecule has 0 saturated heterocycles. The largest absolute Gasteiger partial charge is 0.330 e. The van der Waals surface area contributed by atoms with Gasteiger partial charge in [-0.05, 0) is 17.7 Å². The minimum Gasteiger partial charge on any atom is -0.330 e. The molecule has 1 unspecified atom stereocenters. The highest BCUT2D eigenvalue weighted by atomic mass is 35.5. The summed E-state index contributed by atoms with van der Waals surface area (Å²) in [5.41, 5.74) is 6.30. The minimum absolute atomic E-state index is 0.163. The predicted octanol–water partition coefficient (Wildman–Crippen LogP) is 3.67. The summed E-state index contributed by atoms with van der Waals surface area (Å²) in [6.45, 7) is 2.04. The molecule has 1 aromatic carbocycles. The molecule has 9 heteroatoms. The van der Waals surface area contributed by atoms with E-state index in [4.69, 9.17) is 28.9 Å².